The molecule has 0 radical (unpaired) electrons. The molecule has 0 heterocycles. The Bertz CT molecular complexity index is 221. The average Bonchev–Trinajstić information content (AvgIpc) is 2.06. The van der Waals surface area contributed by atoms with Gasteiger partial charge >= 0.3 is 0 Å². The van der Waals surface area contributed by atoms with E-state index in [1.165, 1.54) is 24.0 Å². The molecule has 0 spiro atoms. The summed E-state index contributed by atoms with van der Waals surface area (Å²) in [4.78, 5) is 4.22. The second kappa shape index (κ2) is 6.64. The lowest BCUT2D eigenvalue weighted by molar-refractivity contribution is 0.887. The highest BCUT2D eigenvalue weighted by Crippen LogP contribution is 2.15. The van der Waals surface area contributed by atoms with Gasteiger partial charge in [-0.1, -0.05) is 32.4 Å². The van der Waals surface area contributed by atoms with Crippen molar-refractivity contribution in [2.45, 2.75) is 47.0 Å². The van der Waals surface area contributed by atoms with Crippen LogP contribution in [-0.4, -0.2) is 5.71 Å². The molecule has 0 aliphatic rings. The van der Waals surface area contributed by atoms with Gasteiger partial charge in [-0.3, -0.25) is 4.99 Å². The molecule has 74 valence electrons. The molecule has 0 aromatic rings. The molecule has 0 aliphatic carbocycles. The molecule has 0 aromatic heterocycles. The summed E-state index contributed by atoms with van der Waals surface area (Å²) in [6.07, 6.45) is 5.06. The summed E-state index contributed by atoms with van der Waals surface area (Å²) >= 11 is 0. The van der Waals surface area contributed by atoms with E-state index in [9.17, 15) is 0 Å². The topological polar surface area (TPSA) is 12.4 Å². The van der Waals surface area contributed by atoms with Gasteiger partial charge < -0.3 is 0 Å². The van der Waals surface area contributed by atoms with Crippen molar-refractivity contribution >= 4 is 5.71 Å². The fraction of sp³-hybridized carbons (Fsp3) is 0.583. The van der Waals surface area contributed by atoms with Crippen LogP contribution in [0, 0.1) is 0 Å². The van der Waals surface area contributed by atoms with Gasteiger partial charge in [0.25, 0.3) is 0 Å². The molecule has 0 unspecified atom stereocenters. The minimum absolute atomic E-state index is 1.06. The first-order chi connectivity index (χ1) is 6.17. The summed E-state index contributed by atoms with van der Waals surface area (Å²) < 4.78 is 0. The van der Waals surface area contributed by atoms with E-state index in [1.54, 1.807) is 6.20 Å². The van der Waals surface area contributed by atoms with Crippen molar-refractivity contribution in [1.29, 1.82) is 0 Å². The maximum atomic E-state index is 4.22. The minimum Gasteiger partial charge on any atom is -0.262 e. The van der Waals surface area contributed by atoms with Crippen LogP contribution in [0.4, 0.5) is 0 Å². The van der Waals surface area contributed by atoms with Crippen molar-refractivity contribution in [3.63, 3.8) is 0 Å². The van der Waals surface area contributed by atoms with Crippen LogP contribution in [0.1, 0.15) is 47.0 Å². The first-order valence-electron chi connectivity index (χ1n) is 5.01. The van der Waals surface area contributed by atoms with E-state index in [2.05, 4.69) is 39.3 Å². The second-order valence-corrected chi connectivity index (χ2v) is 3.26. The van der Waals surface area contributed by atoms with E-state index in [0.717, 1.165) is 12.1 Å². The fourth-order valence-electron chi connectivity index (χ4n) is 1.61. The summed E-state index contributed by atoms with van der Waals surface area (Å²) in [6.45, 7) is 12.2. The molecule has 0 aromatic carbocycles. The van der Waals surface area contributed by atoms with E-state index in [4.69, 9.17) is 0 Å². The largest absolute Gasteiger partial charge is 0.262 e. The Kier molecular flexibility index (Phi) is 6.21. The molecule has 13 heavy (non-hydrogen) atoms. The minimum atomic E-state index is 1.06. The van der Waals surface area contributed by atoms with Crippen molar-refractivity contribution in [3.05, 3.63) is 23.9 Å². The smallest absolute Gasteiger partial charge is 0.0403 e. The second-order valence-electron chi connectivity index (χ2n) is 3.26. The maximum Gasteiger partial charge on any atom is 0.0403 e. The van der Waals surface area contributed by atoms with Crippen molar-refractivity contribution in [2.24, 2.45) is 4.99 Å². The molecule has 0 rings (SSSR count). The van der Waals surface area contributed by atoms with Gasteiger partial charge in [-0.25, -0.2) is 0 Å². The van der Waals surface area contributed by atoms with Gasteiger partial charge in [0.1, 0.15) is 0 Å². The van der Waals surface area contributed by atoms with Crippen LogP contribution in [0.3, 0.4) is 0 Å². The predicted molar refractivity (Wildman–Crippen MR) is 61.2 cm³/mol. The Morgan fingerprint density at radius 2 is 1.92 bits per heavy atom. The summed E-state index contributed by atoms with van der Waals surface area (Å²) in [5, 5.41) is 0. The molecular formula is C12H21N. The van der Waals surface area contributed by atoms with E-state index in [1.807, 2.05) is 0 Å². The van der Waals surface area contributed by atoms with Gasteiger partial charge in [-0.15, -0.1) is 0 Å². The standard InChI is InChI=1S/C12H21N/c1-6-9-10(4)12(7-2)11(5)13-8-3/h8H,3,6-7,9H2,1-2,4-5H3/b12-10+,13-11?. The van der Waals surface area contributed by atoms with Crippen LogP contribution < -0.4 is 0 Å². The lowest BCUT2D eigenvalue weighted by Gasteiger charge is -2.08. The highest BCUT2D eigenvalue weighted by Gasteiger charge is 2.02. The summed E-state index contributed by atoms with van der Waals surface area (Å²) in [5.74, 6) is 0. The van der Waals surface area contributed by atoms with Crippen LogP contribution in [0.15, 0.2) is 28.9 Å². The molecule has 1 nitrogen and oxygen atoms in total. The molecule has 0 bridgehead atoms. The molecule has 0 N–H and O–H groups in total. The molecule has 0 saturated carbocycles. The molecule has 0 amide bonds. The highest BCUT2D eigenvalue weighted by atomic mass is 14.7. The van der Waals surface area contributed by atoms with Crippen LogP contribution in [-0.2, 0) is 0 Å². The zero-order valence-corrected chi connectivity index (χ0v) is 9.35. The van der Waals surface area contributed by atoms with Gasteiger partial charge in [-0.05, 0) is 32.3 Å². The molecular weight excluding hydrogens is 158 g/mol. The lowest BCUT2D eigenvalue weighted by atomic mass is 9.99. The first kappa shape index (κ1) is 12.2. The summed E-state index contributed by atoms with van der Waals surface area (Å²) in [5.41, 5.74) is 3.97. The Morgan fingerprint density at radius 3 is 2.31 bits per heavy atom. The predicted octanol–water partition coefficient (Wildman–Crippen LogP) is 4.12. The average molecular weight is 179 g/mol. The zero-order valence-electron chi connectivity index (χ0n) is 9.35. The van der Waals surface area contributed by atoms with Crippen molar-refractivity contribution in [3.8, 4) is 0 Å². The van der Waals surface area contributed by atoms with Gasteiger partial charge in [0.05, 0.1) is 0 Å². The number of aliphatic imine (C=N–C) groups is 1. The molecule has 0 saturated heterocycles. The lowest BCUT2D eigenvalue weighted by Crippen LogP contribution is -1.99. The van der Waals surface area contributed by atoms with E-state index in [0.29, 0.717) is 0 Å². The normalized spacial score (nSPS) is 14.0. The quantitative estimate of drug-likeness (QED) is 0.563. The first-order valence-corrected chi connectivity index (χ1v) is 5.01. The van der Waals surface area contributed by atoms with Gasteiger partial charge in [-0.2, -0.15) is 0 Å². The van der Waals surface area contributed by atoms with Gasteiger partial charge in [0.15, 0.2) is 0 Å². The number of hydrogen-bond acceptors (Lipinski definition) is 1. The molecule has 1 heteroatoms. The third-order valence-electron chi connectivity index (χ3n) is 2.22. The summed E-state index contributed by atoms with van der Waals surface area (Å²) in [6, 6.07) is 0. The van der Waals surface area contributed by atoms with E-state index < -0.39 is 0 Å². The third kappa shape index (κ3) is 4.07. The Balaban J connectivity index is 4.75. The zero-order chi connectivity index (χ0) is 10.3. The number of allylic oxidation sites excluding steroid dienone is 2. The SMILES string of the molecule is C=CN=C(C)/C(CC)=C(\C)CCC. The number of rotatable bonds is 5. The van der Waals surface area contributed by atoms with Crippen molar-refractivity contribution in [1.82, 2.24) is 0 Å². The number of hydrogen-bond donors (Lipinski definition) is 0. The molecule has 0 atom stereocenters. The maximum absolute atomic E-state index is 4.22. The fourth-order valence-corrected chi connectivity index (χ4v) is 1.61. The Morgan fingerprint density at radius 1 is 1.31 bits per heavy atom. The van der Waals surface area contributed by atoms with Gasteiger partial charge in [0.2, 0.25) is 0 Å². The highest BCUT2D eigenvalue weighted by molar-refractivity contribution is 5.99. The van der Waals surface area contributed by atoms with Crippen LogP contribution in [0.2, 0.25) is 0 Å². The van der Waals surface area contributed by atoms with Gasteiger partial charge in [0, 0.05) is 11.9 Å². The van der Waals surface area contributed by atoms with Crippen LogP contribution >= 0.6 is 0 Å². The molecule has 0 fully saturated rings. The Hall–Kier alpha value is -0.850. The summed E-state index contributed by atoms with van der Waals surface area (Å²) in [7, 11) is 0. The van der Waals surface area contributed by atoms with E-state index in [-0.39, 0.29) is 0 Å². The Labute approximate surface area is 82.3 Å². The number of nitrogens with zero attached hydrogens (tertiary/aromatic N) is 1. The molecule has 0 aliphatic heterocycles. The van der Waals surface area contributed by atoms with Crippen LogP contribution in [0.25, 0.3) is 0 Å². The van der Waals surface area contributed by atoms with E-state index >= 15 is 0 Å². The van der Waals surface area contributed by atoms with Crippen LogP contribution in [0.5, 0.6) is 0 Å². The monoisotopic (exact) mass is 179 g/mol. The van der Waals surface area contributed by atoms with Crippen molar-refractivity contribution in [2.75, 3.05) is 0 Å². The van der Waals surface area contributed by atoms with Crippen molar-refractivity contribution < 1.29 is 0 Å². The third-order valence-corrected chi connectivity index (χ3v) is 2.22.